The highest BCUT2D eigenvalue weighted by Gasteiger charge is 2.24. The fraction of sp³-hybridized carbons (Fsp3) is 0.474. The smallest absolute Gasteiger partial charge is 0.191 e. The molecule has 5 nitrogen and oxygen atoms in total. The van der Waals surface area contributed by atoms with Crippen LogP contribution >= 0.6 is 35.3 Å². The van der Waals surface area contributed by atoms with Crippen LogP contribution in [0, 0.1) is 6.92 Å². The number of nitrogens with zero attached hydrogens (tertiary/aromatic N) is 3. The van der Waals surface area contributed by atoms with E-state index in [1.54, 1.807) is 0 Å². The summed E-state index contributed by atoms with van der Waals surface area (Å²) in [5.74, 6) is 0.825. The third-order valence-corrected chi connectivity index (χ3v) is 5.65. The number of thiophene rings is 1. The molecule has 0 spiro atoms. The molecule has 7 heteroatoms. The van der Waals surface area contributed by atoms with Crippen LogP contribution in [0.4, 0.5) is 0 Å². The van der Waals surface area contributed by atoms with E-state index in [1.807, 2.05) is 30.6 Å². The van der Waals surface area contributed by atoms with E-state index in [-0.39, 0.29) is 24.0 Å². The lowest BCUT2D eigenvalue weighted by molar-refractivity contribution is 0.249. The van der Waals surface area contributed by atoms with Crippen molar-refractivity contribution in [2.45, 2.75) is 32.4 Å². The molecule has 2 aromatic rings. The topological polar surface area (TPSA) is 52.6 Å². The van der Waals surface area contributed by atoms with Crippen molar-refractivity contribution in [3.63, 3.8) is 0 Å². The van der Waals surface area contributed by atoms with Crippen LogP contribution in [0.1, 0.15) is 35.0 Å². The predicted octanol–water partition coefficient (Wildman–Crippen LogP) is 3.57. The van der Waals surface area contributed by atoms with E-state index >= 15 is 0 Å². The first-order valence-electron chi connectivity index (χ1n) is 8.90. The van der Waals surface area contributed by atoms with Crippen molar-refractivity contribution in [1.29, 1.82) is 0 Å². The van der Waals surface area contributed by atoms with Gasteiger partial charge in [-0.3, -0.25) is 14.9 Å². The Morgan fingerprint density at radius 3 is 2.73 bits per heavy atom. The second-order valence-electron chi connectivity index (χ2n) is 6.35. The lowest BCUT2D eigenvalue weighted by Gasteiger charge is -2.27. The molecule has 0 saturated carbocycles. The average Bonchev–Trinajstić information content (AvgIpc) is 3.33. The Morgan fingerprint density at radius 1 is 1.27 bits per heavy atom. The summed E-state index contributed by atoms with van der Waals surface area (Å²) in [7, 11) is 1.82. The highest BCUT2D eigenvalue weighted by molar-refractivity contribution is 14.0. The van der Waals surface area contributed by atoms with Crippen LogP contribution in [-0.2, 0) is 6.54 Å². The quantitative estimate of drug-likeness (QED) is 0.373. The Balaban J connectivity index is 0.00000243. The molecule has 1 aliphatic rings. The van der Waals surface area contributed by atoms with E-state index in [4.69, 9.17) is 0 Å². The van der Waals surface area contributed by atoms with Gasteiger partial charge in [0.15, 0.2) is 5.96 Å². The van der Waals surface area contributed by atoms with Gasteiger partial charge in [-0.1, -0.05) is 12.1 Å². The number of hydrogen-bond donors (Lipinski definition) is 2. The minimum Gasteiger partial charge on any atom is -0.354 e. The minimum atomic E-state index is 0. The predicted molar refractivity (Wildman–Crippen MR) is 120 cm³/mol. The number of aryl methyl sites for hydroxylation is 1. The molecule has 0 aromatic carbocycles. The molecule has 1 fully saturated rings. The van der Waals surface area contributed by atoms with Crippen LogP contribution in [0.5, 0.6) is 0 Å². The molecule has 1 unspecified atom stereocenters. The number of nitrogens with one attached hydrogen (secondary N) is 2. The van der Waals surface area contributed by atoms with Gasteiger partial charge in [0.1, 0.15) is 0 Å². The second kappa shape index (κ2) is 10.8. The fourth-order valence-corrected chi connectivity index (χ4v) is 4.09. The van der Waals surface area contributed by atoms with Gasteiger partial charge in [0.2, 0.25) is 0 Å². The number of rotatable bonds is 6. The zero-order chi connectivity index (χ0) is 17.5. The van der Waals surface area contributed by atoms with E-state index in [1.165, 1.54) is 36.4 Å². The van der Waals surface area contributed by atoms with Gasteiger partial charge in [0, 0.05) is 24.7 Å². The zero-order valence-electron chi connectivity index (χ0n) is 15.4. The largest absolute Gasteiger partial charge is 0.354 e. The second-order valence-corrected chi connectivity index (χ2v) is 7.33. The molecule has 2 N–H and O–H groups in total. The Morgan fingerprint density at radius 2 is 2.08 bits per heavy atom. The summed E-state index contributed by atoms with van der Waals surface area (Å²) in [5.41, 5.74) is 2.25. The van der Waals surface area contributed by atoms with Crippen LogP contribution in [0.15, 0.2) is 40.8 Å². The molecular formula is C19H28IN5S. The number of guanidine groups is 1. The summed E-state index contributed by atoms with van der Waals surface area (Å²) in [5, 5.41) is 9.04. The summed E-state index contributed by atoms with van der Waals surface area (Å²) >= 11 is 1.84. The number of aromatic nitrogens is 1. The molecule has 1 saturated heterocycles. The maximum absolute atomic E-state index is 4.43. The van der Waals surface area contributed by atoms with Gasteiger partial charge in [-0.15, -0.1) is 35.3 Å². The van der Waals surface area contributed by atoms with Crippen LogP contribution in [0.25, 0.3) is 0 Å². The Kier molecular flexibility index (Phi) is 8.80. The summed E-state index contributed by atoms with van der Waals surface area (Å²) in [6.07, 6.45) is 4.43. The van der Waals surface area contributed by atoms with Gasteiger partial charge < -0.3 is 10.6 Å². The number of likely N-dealkylation sites (tertiary alicyclic amines) is 1. The number of halogens is 1. The van der Waals surface area contributed by atoms with Crippen LogP contribution in [-0.4, -0.2) is 42.5 Å². The van der Waals surface area contributed by atoms with Gasteiger partial charge in [0.25, 0.3) is 0 Å². The first-order chi connectivity index (χ1) is 12.3. The van der Waals surface area contributed by atoms with E-state index in [2.05, 4.69) is 56.0 Å². The van der Waals surface area contributed by atoms with Gasteiger partial charge in [-0.2, -0.15) is 0 Å². The fourth-order valence-electron chi connectivity index (χ4n) is 3.23. The summed E-state index contributed by atoms with van der Waals surface area (Å²) in [6.45, 7) is 5.99. The molecule has 0 radical (unpaired) electrons. The maximum atomic E-state index is 4.43. The molecule has 1 aliphatic heterocycles. The highest BCUT2D eigenvalue weighted by Crippen LogP contribution is 2.27. The van der Waals surface area contributed by atoms with Crippen molar-refractivity contribution in [1.82, 2.24) is 20.5 Å². The van der Waals surface area contributed by atoms with E-state index < -0.39 is 0 Å². The van der Waals surface area contributed by atoms with E-state index in [0.29, 0.717) is 12.6 Å². The first-order valence-corrected chi connectivity index (χ1v) is 9.78. The summed E-state index contributed by atoms with van der Waals surface area (Å²) in [6, 6.07) is 8.84. The number of hydrogen-bond acceptors (Lipinski definition) is 4. The third kappa shape index (κ3) is 5.65. The third-order valence-electron chi connectivity index (χ3n) is 4.68. The van der Waals surface area contributed by atoms with Gasteiger partial charge in [0.05, 0.1) is 18.3 Å². The summed E-state index contributed by atoms with van der Waals surface area (Å²) in [4.78, 5) is 12.8. The van der Waals surface area contributed by atoms with Crippen molar-refractivity contribution < 1.29 is 0 Å². The average molecular weight is 485 g/mol. The van der Waals surface area contributed by atoms with Gasteiger partial charge >= 0.3 is 0 Å². The van der Waals surface area contributed by atoms with Crippen molar-refractivity contribution in [2.24, 2.45) is 4.99 Å². The lowest BCUT2D eigenvalue weighted by atomic mass is 10.2. The minimum absolute atomic E-state index is 0. The molecule has 2 aromatic heterocycles. The summed E-state index contributed by atoms with van der Waals surface area (Å²) < 4.78 is 0. The first kappa shape index (κ1) is 21.1. The van der Waals surface area contributed by atoms with E-state index in [0.717, 1.165) is 18.2 Å². The van der Waals surface area contributed by atoms with Crippen LogP contribution in [0.3, 0.4) is 0 Å². The molecule has 3 rings (SSSR count). The number of aliphatic imine (C=N–C) groups is 1. The Hall–Kier alpha value is -1.19. The molecule has 0 aliphatic carbocycles. The number of pyridine rings is 1. The standard InChI is InChI=1S/C19H27N5S.HI/c1-15-7-5-9-21-16(15)13-22-19(20-2)23-14-17(18-8-6-12-25-18)24-10-3-4-11-24;/h5-9,12,17H,3-4,10-11,13-14H2,1-2H3,(H2,20,22,23);1H. The highest BCUT2D eigenvalue weighted by atomic mass is 127. The van der Waals surface area contributed by atoms with Gasteiger partial charge in [-0.25, -0.2) is 0 Å². The van der Waals surface area contributed by atoms with Crippen molar-refractivity contribution in [3.05, 3.63) is 52.0 Å². The van der Waals surface area contributed by atoms with Crippen LogP contribution < -0.4 is 10.6 Å². The monoisotopic (exact) mass is 485 g/mol. The van der Waals surface area contributed by atoms with Crippen LogP contribution in [0.2, 0.25) is 0 Å². The normalized spacial score (nSPS) is 16.2. The zero-order valence-corrected chi connectivity index (χ0v) is 18.6. The molecule has 3 heterocycles. The maximum Gasteiger partial charge on any atom is 0.191 e. The molecule has 1 atom stereocenters. The molecular weight excluding hydrogens is 457 g/mol. The molecule has 0 bridgehead atoms. The lowest BCUT2D eigenvalue weighted by Crippen LogP contribution is -2.42. The van der Waals surface area contributed by atoms with Crippen molar-refractivity contribution >= 4 is 41.3 Å². The molecule has 142 valence electrons. The van der Waals surface area contributed by atoms with Crippen molar-refractivity contribution in [3.8, 4) is 0 Å². The molecule has 26 heavy (non-hydrogen) atoms. The molecule has 0 amide bonds. The van der Waals surface area contributed by atoms with Gasteiger partial charge in [-0.05, 0) is 55.9 Å². The SMILES string of the molecule is CN=C(NCc1ncccc1C)NCC(c1cccs1)N1CCCC1.I. The Labute approximate surface area is 177 Å². The Bertz CT molecular complexity index is 683. The van der Waals surface area contributed by atoms with Crippen molar-refractivity contribution in [2.75, 3.05) is 26.7 Å². The van der Waals surface area contributed by atoms with E-state index in [9.17, 15) is 0 Å².